The van der Waals surface area contributed by atoms with Crippen molar-refractivity contribution in [1.29, 1.82) is 0 Å². The van der Waals surface area contributed by atoms with Crippen LogP contribution < -0.4 is 15.9 Å². The van der Waals surface area contributed by atoms with Gasteiger partial charge in [0.2, 0.25) is 0 Å². The molecule has 0 radical (unpaired) electrons. The first kappa shape index (κ1) is 31.6. The summed E-state index contributed by atoms with van der Waals surface area (Å²) in [6, 6.07) is 74.0. The van der Waals surface area contributed by atoms with Crippen LogP contribution in [0.5, 0.6) is 0 Å². The highest BCUT2D eigenvalue weighted by Gasteiger charge is 2.54. The Morgan fingerprint density at radius 3 is 1.82 bits per heavy atom. The second kappa shape index (κ2) is 11.6. The first-order valence-electron chi connectivity index (χ1n) is 19.3. The minimum atomic E-state index is -3.33. The monoisotopic (exact) mass is 731 g/mol. The molecule has 56 heavy (non-hydrogen) atoms. The van der Waals surface area contributed by atoms with Gasteiger partial charge >= 0.3 is 0 Å². The highest BCUT2D eigenvalue weighted by molar-refractivity contribution is 7.85. The number of para-hydroxylation sites is 3. The van der Waals surface area contributed by atoms with Crippen molar-refractivity contribution in [3.05, 3.63) is 229 Å². The number of benzene rings is 9. The lowest BCUT2D eigenvalue weighted by molar-refractivity contribution is 0.590. The third-order valence-electron chi connectivity index (χ3n) is 12.5. The van der Waals surface area contributed by atoms with Crippen LogP contribution >= 0.6 is 7.14 Å². The van der Waals surface area contributed by atoms with Gasteiger partial charge in [0, 0.05) is 26.7 Å². The van der Waals surface area contributed by atoms with E-state index in [4.69, 9.17) is 0 Å². The minimum Gasteiger partial charge on any atom is -0.309 e. The fraction of sp³-hybridized carbons (Fsp3) is 0.0189. The lowest BCUT2D eigenvalue weighted by Gasteiger charge is -2.47. The Balaban J connectivity index is 1.17. The van der Waals surface area contributed by atoms with Gasteiger partial charge < -0.3 is 9.13 Å². The molecule has 9 aromatic carbocycles. The second-order valence-electron chi connectivity index (χ2n) is 15.2. The molecule has 12 rings (SSSR count). The van der Waals surface area contributed by atoms with Crippen LogP contribution in [-0.2, 0) is 9.98 Å². The summed E-state index contributed by atoms with van der Waals surface area (Å²) in [6.45, 7) is 0. The van der Waals surface area contributed by atoms with Crippen LogP contribution in [0, 0.1) is 0 Å². The van der Waals surface area contributed by atoms with E-state index in [2.05, 4.69) is 180 Å². The smallest absolute Gasteiger partial charge is 0.171 e. The van der Waals surface area contributed by atoms with Gasteiger partial charge in [0.05, 0.1) is 22.1 Å². The maximum absolute atomic E-state index is 16.4. The van der Waals surface area contributed by atoms with Crippen LogP contribution in [0.25, 0.3) is 60.5 Å². The highest BCUT2D eigenvalue weighted by Crippen LogP contribution is 2.61. The van der Waals surface area contributed by atoms with Gasteiger partial charge in [0.1, 0.15) is 0 Å². The van der Waals surface area contributed by atoms with E-state index in [9.17, 15) is 0 Å². The van der Waals surface area contributed by atoms with Crippen LogP contribution in [-0.4, -0.2) is 4.57 Å². The Bertz CT molecular complexity index is 3290. The molecule has 2 unspecified atom stereocenters. The van der Waals surface area contributed by atoms with Crippen molar-refractivity contribution in [1.82, 2.24) is 4.57 Å². The summed E-state index contributed by atoms with van der Waals surface area (Å²) in [4.78, 5) is 0. The molecule has 0 amide bonds. The van der Waals surface area contributed by atoms with Crippen molar-refractivity contribution in [2.24, 2.45) is 0 Å². The molecule has 2 aliphatic heterocycles. The topological polar surface area (TPSA) is 22.0 Å². The molecule has 0 saturated heterocycles. The zero-order valence-electron chi connectivity index (χ0n) is 30.4. The number of aromatic nitrogens is 1. The molecule has 10 aromatic rings. The van der Waals surface area contributed by atoms with E-state index >= 15 is 4.57 Å². The minimum absolute atomic E-state index is 0.740. The molecular weight excluding hydrogens is 698 g/mol. The van der Waals surface area contributed by atoms with Gasteiger partial charge in [-0.2, -0.15) is 0 Å². The zero-order valence-corrected chi connectivity index (χ0v) is 31.3. The molecule has 3 heteroatoms. The van der Waals surface area contributed by atoms with E-state index < -0.39 is 12.6 Å². The van der Waals surface area contributed by atoms with Gasteiger partial charge in [-0.1, -0.05) is 176 Å². The molecule has 2 aliphatic rings. The Morgan fingerprint density at radius 2 is 0.982 bits per heavy atom. The van der Waals surface area contributed by atoms with Crippen molar-refractivity contribution >= 4 is 55.6 Å². The van der Waals surface area contributed by atoms with Gasteiger partial charge in [-0.25, -0.2) is 0 Å². The molecule has 2 atom stereocenters. The predicted octanol–water partition coefficient (Wildman–Crippen LogP) is 11.9. The van der Waals surface area contributed by atoms with Gasteiger partial charge in [0.25, 0.3) is 0 Å². The molecule has 0 saturated carbocycles. The lowest BCUT2D eigenvalue weighted by atomic mass is 9.62. The normalized spacial score (nSPS) is 17.9. The lowest BCUT2D eigenvalue weighted by Crippen LogP contribution is -2.48. The van der Waals surface area contributed by atoms with Crippen molar-refractivity contribution in [2.45, 2.75) is 5.41 Å². The Hall–Kier alpha value is -6.73. The number of fused-ring (bicyclic) bond motifs is 12. The fourth-order valence-electron chi connectivity index (χ4n) is 10.1. The van der Waals surface area contributed by atoms with Crippen molar-refractivity contribution in [3.8, 4) is 27.9 Å². The van der Waals surface area contributed by atoms with E-state index in [1.807, 2.05) is 30.3 Å². The summed E-state index contributed by atoms with van der Waals surface area (Å²) < 4.78 is 18.8. The summed E-state index contributed by atoms with van der Waals surface area (Å²) in [6.07, 6.45) is 0. The maximum atomic E-state index is 16.4. The molecule has 0 N–H and O–H groups in total. The number of hydrogen-bond acceptors (Lipinski definition) is 1. The van der Waals surface area contributed by atoms with Gasteiger partial charge in [-0.15, -0.1) is 0 Å². The third kappa shape index (κ3) is 4.09. The van der Waals surface area contributed by atoms with Crippen LogP contribution in [0.1, 0.15) is 22.3 Å². The van der Waals surface area contributed by atoms with Gasteiger partial charge in [0.15, 0.2) is 7.14 Å². The first-order valence-corrected chi connectivity index (χ1v) is 21.0. The van der Waals surface area contributed by atoms with E-state index in [0.717, 1.165) is 43.9 Å². The SMILES string of the molecule is O=P1(c2ccccc2)c2ccccc2C2(c3ccccc3-n3c4ccccc4c4cccc2c43)c2cc(-c3ccc(-c4ccc5ccccc5c4)cc3)ccc21. The van der Waals surface area contributed by atoms with Gasteiger partial charge in [-0.05, 0) is 85.6 Å². The number of nitrogens with zero attached hydrogens (tertiary/aromatic N) is 1. The third-order valence-corrected chi connectivity index (χ3v) is 15.6. The zero-order chi connectivity index (χ0) is 37.0. The molecule has 1 spiro atoms. The second-order valence-corrected chi connectivity index (χ2v) is 17.9. The quantitative estimate of drug-likeness (QED) is 0.166. The molecule has 2 nitrogen and oxygen atoms in total. The molecule has 1 aromatic heterocycles. The van der Waals surface area contributed by atoms with Crippen molar-refractivity contribution in [3.63, 3.8) is 0 Å². The number of rotatable bonds is 3. The van der Waals surface area contributed by atoms with Crippen LogP contribution in [0.15, 0.2) is 206 Å². The predicted molar refractivity (Wildman–Crippen MR) is 234 cm³/mol. The Labute approximate surface area is 325 Å². The summed E-state index contributed by atoms with van der Waals surface area (Å²) >= 11 is 0. The molecule has 0 aliphatic carbocycles. The first-order chi connectivity index (χ1) is 27.7. The summed E-state index contributed by atoms with van der Waals surface area (Å²) in [5, 5.41) is 7.59. The maximum Gasteiger partial charge on any atom is 0.171 e. The molecule has 0 fully saturated rings. The molecular formula is C53H34NOP. The molecule has 3 heterocycles. The number of hydrogen-bond donors (Lipinski definition) is 0. The highest BCUT2D eigenvalue weighted by atomic mass is 31.2. The standard InChI is InChI=1S/C53H34NOP/c55-56(41-15-2-1-3-16-41)50-24-11-8-20-45(50)53(44-19-7-10-23-49(44)54-48-22-9-6-17-42(48)43-18-12-21-46(53)52(43)54)47-34-40(31-32-51(47)56)37-27-25-36(26-28-37)39-30-29-35-13-4-5-14-38(35)33-39/h1-34H. The summed E-state index contributed by atoms with van der Waals surface area (Å²) in [5.41, 5.74) is 12.0. The average Bonchev–Trinajstić information content (AvgIpc) is 3.62. The Kier molecular flexibility index (Phi) is 6.57. The van der Waals surface area contributed by atoms with Crippen molar-refractivity contribution in [2.75, 3.05) is 0 Å². The molecule has 262 valence electrons. The Morgan fingerprint density at radius 1 is 0.393 bits per heavy atom. The fourth-order valence-corrected chi connectivity index (χ4v) is 13.2. The average molecular weight is 732 g/mol. The van der Waals surface area contributed by atoms with E-state index in [1.165, 1.54) is 54.8 Å². The summed E-state index contributed by atoms with van der Waals surface area (Å²) in [7, 11) is -3.33. The summed E-state index contributed by atoms with van der Waals surface area (Å²) in [5.74, 6) is 0. The van der Waals surface area contributed by atoms with Crippen molar-refractivity contribution < 1.29 is 4.57 Å². The van der Waals surface area contributed by atoms with Gasteiger partial charge in [-0.3, -0.25) is 0 Å². The van der Waals surface area contributed by atoms with E-state index in [1.54, 1.807) is 0 Å². The van der Waals surface area contributed by atoms with E-state index in [0.29, 0.717) is 0 Å². The van der Waals surface area contributed by atoms with Crippen LogP contribution in [0.4, 0.5) is 0 Å². The largest absolute Gasteiger partial charge is 0.309 e. The van der Waals surface area contributed by atoms with Crippen LogP contribution in [0.3, 0.4) is 0 Å². The molecule has 0 bridgehead atoms. The van der Waals surface area contributed by atoms with Crippen LogP contribution in [0.2, 0.25) is 0 Å². The van der Waals surface area contributed by atoms with E-state index in [-0.39, 0.29) is 0 Å².